The molecule has 0 spiro atoms. The summed E-state index contributed by atoms with van der Waals surface area (Å²) in [6.07, 6.45) is 0. The fourth-order valence-electron chi connectivity index (χ4n) is 1.76. The van der Waals surface area contributed by atoms with Crippen molar-refractivity contribution >= 4 is 32.6 Å². The Morgan fingerprint density at radius 1 is 1.32 bits per heavy atom. The van der Waals surface area contributed by atoms with Gasteiger partial charge in [0.2, 0.25) is 10.0 Å². The van der Waals surface area contributed by atoms with E-state index < -0.39 is 10.0 Å². The quantitative estimate of drug-likeness (QED) is 0.797. The normalized spacial score (nSPS) is 12.1. The Morgan fingerprint density at radius 2 is 2.05 bits per heavy atom. The van der Waals surface area contributed by atoms with E-state index in [2.05, 4.69) is 10.0 Å². The molecule has 0 fully saturated rings. The van der Waals surface area contributed by atoms with Gasteiger partial charge in [0, 0.05) is 24.0 Å². The third-order valence-corrected chi connectivity index (χ3v) is 4.48. The molecule has 0 amide bonds. The molecule has 1 aromatic carbocycles. The predicted molar refractivity (Wildman–Crippen MR) is 75.8 cm³/mol. The second kappa shape index (κ2) is 5.92. The highest BCUT2D eigenvalue weighted by atomic mass is 35.5. The van der Waals surface area contributed by atoms with Crippen molar-refractivity contribution in [2.75, 3.05) is 19.3 Å². The van der Waals surface area contributed by atoms with Crippen molar-refractivity contribution in [3.8, 4) is 0 Å². The Labute approximate surface area is 117 Å². The van der Waals surface area contributed by atoms with Crippen LogP contribution in [0.2, 0.25) is 5.22 Å². The van der Waals surface area contributed by atoms with Crippen molar-refractivity contribution in [3.05, 3.63) is 35.0 Å². The first kappa shape index (κ1) is 14.3. The summed E-state index contributed by atoms with van der Waals surface area (Å²) in [4.78, 5) is 0. The van der Waals surface area contributed by atoms with E-state index >= 15 is 0 Å². The van der Waals surface area contributed by atoms with Crippen LogP contribution >= 0.6 is 11.6 Å². The number of halogens is 1. The lowest BCUT2D eigenvalue weighted by atomic mass is 10.2. The Bertz CT molecular complexity index is 667. The zero-order valence-corrected chi connectivity index (χ0v) is 12.0. The first-order valence-corrected chi connectivity index (χ1v) is 7.84. The Morgan fingerprint density at radius 3 is 2.79 bits per heavy atom. The zero-order chi connectivity index (χ0) is 13.9. The summed E-state index contributed by atoms with van der Waals surface area (Å²) in [6.45, 7) is 0.814. The van der Waals surface area contributed by atoms with Crippen LogP contribution in [0.5, 0.6) is 0 Å². The van der Waals surface area contributed by atoms with Crippen LogP contribution in [-0.2, 0) is 16.6 Å². The van der Waals surface area contributed by atoms with Crippen molar-refractivity contribution in [1.82, 2.24) is 10.0 Å². The molecule has 0 saturated heterocycles. The van der Waals surface area contributed by atoms with Gasteiger partial charge in [-0.05, 0) is 24.7 Å². The van der Waals surface area contributed by atoms with E-state index in [4.69, 9.17) is 16.0 Å². The number of hydrogen-bond donors (Lipinski definition) is 2. The minimum absolute atomic E-state index is 0.0247. The number of para-hydroxylation sites is 1. The van der Waals surface area contributed by atoms with Gasteiger partial charge in [0.1, 0.15) is 5.58 Å². The van der Waals surface area contributed by atoms with E-state index in [-0.39, 0.29) is 5.75 Å². The second-order valence-electron chi connectivity index (χ2n) is 4.05. The van der Waals surface area contributed by atoms with Crippen LogP contribution in [0.4, 0.5) is 0 Å². The molecule has 1 aromatic heterocycles. The molecule has 2 N–H and O–H groups in total. The summed E-state index contributed by atoms with van der Waals surface area (Å²) in [6, 6.07) is 7.55. The van der Waals surface area contributed by atoms with E-state index in [1.807, 2.05) is 24.3 Å². The minimum Gasteiger partial charge on any atom is -0.444 e. The molecule has 0 aliphatic carbocycles. The highest BCUT2D eigenvalue weighted by Gasteiger charge is 2.12. The van der Waals surface area contributed by atoms with Gasteiger partial charge < -0.3 is 9.73 Å². The standard InChI is InChI=1S/C12H15ClN2O3S/c1-14-19(16,17)7-6-15-8-10-9-4-2-3-5-11(9)18-12(10)13/h2-5,14-15H,6-8H2,1H3. The monoisotopic (exact) mass is 302 g/mol. The third kappa shape index (κ3) is 3.48. The van der Waals surface area contributed by atoms with E-state index in [0.717, 1.165) is 16.5 Å². The van der Waals surface area contributed by atoms with E-state index in [0.29, 0.717) is 18.3 Å². The maximum atomic E-state index is 11.2. The average molecular weight is 303 g/mol. The van der Waals surface area contributed by atoms with E-state index in [9.17, 15) is 8.42 Å². The van der Waals surface area contributed by atoms with Crippen LogP contribution in [0.3, 0.4) is 0 Å². The molecular formula is C12H15ClN2O3S. The summed E-state index contributed by atoms with van der Waals surface area (Å²) in [5.74, 6) is 0.0247. The molecule has 0 bridgehead atoms. The fraction of sp³-hybridized carbons (Fsp3) is 0.333. The number of rotatable bonds is 6. The third-order valence-electron chi connectivity index (χ3n) is 2.81. The lowest BCUT2D eigenvalue weighted by Crippen LogP contribution is -2.29. The molecule has 5 nitrogen and oxygen atoms in total. The molecule has 0 unspecified atom stereocenters. The van der Waals surface area contributed by atoms with Gasteiger partial charge in [-0.15, -0.1) is 0 Å². The van der Waals surface area contributed by atoms with Gasteiger partial charge in [0.15, 0.2) is 5.22 Å². The van der Waals surface area contributed by atoms with Crippen LogP contribution in [0.25, 0.3) is 11.0 Å². The number of sulfonamides is 1. The van der Waals surface area contributed by atoms with Crippen LogP contribution in [0, 0.1) is 0 Å². The van der Waals surface area contributed by atoms with E-state index in [1.165, 1.54) is 7.05 Å². The SMILES string of the molecule is CNS(=O)(=O)CCNCc1c(Cl)oc2ccccc12. The van der Waals surface area contributed by atoms with Gasteiger partial charge >= 0.3 is 0 Å². The smallest absolute Gasteiger partial charge is 0.212 e. The molecule has 1 heterocycles. The number of benzene rings is 1. The molecule has 0 aliphatic rings. The van der Waals surface area contributed by atoms with Crippen molar-refractivity contribution in [2.45, 2.75) is 6.54 Å². The second-order valence-corrected chi connectivity index (χ2v) is 6.44. The van der Waals surface area contributed by atoms with Gasteiger partial charge in [0.25, 0.3) is 0 Å². The van der Waals surface area contributed by atoms with Crippen molar-refractivity contribution < 1.29 is 12.8 Å². The molecule has 0 aliphatic heterocycles. The summed E-state index contributed by atoms with van der Waals surface area (Å²) in [5.41, 5.74) is 1.58. The summed E-state index contributed by atoms with van der Waals surface area (Å²) in [7, 11) is -1.78. The van der Waals surface area contributed by atoms with E-state index in [1.54, 1.807) is 0 Å². The van der Waals surface area contributed by atoms with Gasteiger partial charge in [0.05, 0.1) is 5.75 Å². The molecule has 0 saturated carbocycles. The zero-order valence-electron chi connectivity index (χ0n) is 10.4. The molecular weight excluding hydrogens is 288 g/mol. The van der Waals surface area contributed by atoms with Crippen molar-refractivity contribution in [2.24, 2.45) is 0 Å². The van der Waals surface area contributed by atoms with Crippen LogP contribution < -0.4 is 10.0 Å². The molecule has 0 radical (unpaired) electrons. The van der Waals surface area contributed by atoms with Crippen molar-refractivity contribution in [1.29, 1.82) is 0 Å². The minimum atomic E-state index is -3.18. The Hall–Kier alpha value is -1.08. The first-order valence-electron chi connectivity index (χ1n) is 5.81. The van der Waals surface area contributed by atoms with Crippen LogP contribution in [0.15, 0.2) is 28.7 Å². The van der Waals surface area contributed by atoms with Gasteiger partial charge in [-0.25, -0.2) is 13.1 Å². The summed E-state index contributed by atoms with van der Waals surface area (Å²) < 4.78 is 30.2. The van der Waals surface area contributed by atoms with Crippen molar-refractivity contribution in [3.63, 3.8) is 0 Å². The van der Waals surface area contributed by atoms with Gasteiger partial charge in [-0.1, -0.05) is 18.2 Å². The maximum Gasteiger partial charge on any atom is 0.212 e. The summed E-state index contributed by atoms with van der Waals surface area (Å²) >= 11 is 6.03. The first-order chi connectivity index (χ1) is 9.03. The van der Waals surface area contributed by atoms with Gasteiger partial charge in [-0.2, -0.15) is 0 Å². The Balaban J connectivity index is 2.01. The number of nitrogens with one attached hydrogen (secondary N) is 2. The average Bonchev–Trinajstić information content (AvgIpc) is 2.71. The largest absolute Gasteiger partial charge is 0.444 e. The van der Waals surface area contributed by atoms with Crippen LogP contribution in [-0.4, -0.2) is 27.8 Å². The molecule has 2 rings (SSSR count). The number of furan rings is 1. The fourth-order valence-corrected chi connectivity index (χ4v) is 2.62. The number of hydrogen-bond acceptors (Lipinski definition) is 4. The van der Waals surface area contributed by atoms with Gasteiger partial charge in [-0.3, -0.25) is 0 Å². The highest BCUT2D eigenvalue weighted by molar-refractivity contribution is 7.89. The molecule has 19 heavy (non-hydrogen) atoms. The number of fused-ring (bicyclic) bond motifs is 1. The predicted octanol–water partition coefficient (Wildman–Crippen LogP) is 1.73. The Kier molecular flexibility index (Phi) is 4.46. The maximum absolute atomic E-state index is 11.2. The molecule has 0 atom stereocenters. The lowest BCUT2D eigenvalue weighted by Gasteiger charge is -2.04. The molecule has 2 aromatic rings. The molecule has 104 valence electrons. The lowest BCUT2D eigenvalue weighted by molar-refractivity contribution is 0.582. The van der Waals surface area contributed by atoms with Crippen LogP contribution in [0.1, 0.15) is 5.56 Å². The molecule has 7 heteroatoms. The summed E-state index contributed by atoms with van der Waals surface area (Å²) in [5, 5.41) is 4.33. The topological polar surface area (TPSA) is 71.3 Å². The highest BCUT2D eigenvalue weighted by Crippen LogP contribution is 2.29.